The van der Waals surface area contributed by atoms with E-state index in [-0.39, 0.29) is 5.91 Å². The first-order valence-corrected chi connectivity index (χ1v) is 8.39. The van der Waals surface area contributed by atoms with Crippen molar-refractivity contribution < 1.29 is 9.53 Å². The van der Waals surface area contributed by atoms with E-state index >= 15 is 0 Å². The molecule has 7 nitrogen and oxygen atoms in total. The number of H-pyrrole nitrogens is 1. The van der Waals surface area contributed by atoms with E-state index in [0.29, 0.717) is 13.0 Å². The molecule has 7 heteroatoms. The molecule has 25 heavy (non-hydrogen) atoms. The van der Waals surface area contributed by atoms with Crippen LogP contribution < -0.4 is 10.6 Å². The summed E-state index contributed by atoms with van der Waals surface area (Å²) in [6, 6.07) is 7.73. The van der Waals surface area contributed by atoms with Crippen molar-refractivity contribution in [2.75, 3.05) is 46.2 Å². The first-order chi connectivity index (χ1) is 12.1. The molecule has 0 aliphatic heterocycles. The molecule has 1 aromatic heterocycles. The molecule has 0 bridgehead atoms. The monoisotopic (exact) mass is 345 g/mol. The van der Waals surface area contributed by atoms with Gasteiger partial charge in [-0.05, 0) is 26.2 Å². The summed E-state index contributed by atoms with van der Waals surface area (Å²) < 4.78 is 4.91. The molecule has 0 saturated carbocycles. The van der Waals surface area contributed by atoms with Gasteiger partial charge in [-0.2, -0.15) is 5.10 Å². The number of carbonyl (C=O) groups excluding carboxylic acids is 1. The van der Waals surface area contributed by atoms with Crippen molar-refractivity contribution in [1.82, 2.24) is 20.4 Å². The summed E-state index contributed by atoms with van der Waals surface area (Å²) in [5, 5.41) is 13.3. The van der Waals surface area contributed by atoms with Crippen LogP contribution in [0.5, 0.6) is 0 Å². The van der Waals surface area contributed by atoms with Gasteiger partial charge >= 0.3 is 0 Å². The molecule has 0 fully saturated rings. The molecule has 0 radical (unpaired) electrons. The van der Waals surface area contributed by atoms with Crippen LogP contribution >= 0.6 is 0 Å². The summed E-state index contributed by atoms with van der Waals surface area (Å²) in [6.45, 7) is 3.15. The van der Waals surface area contributed by atoms with Gasteiger partial charge in [0.1, 0.15) is 0 Å². The van der Waals surface area contributed by atoms with Crippen molar-refractivity contribution in [3.63, 3.8) is 0 Å². The normalized spacial score (nSPS) is 11.0. The molecular formula is C18H27N5O2. The Morgan fingerprint density at radius 3 is 2.76 bits per heavy atom. The fourth-order valence-corrected chi connectivity index (χ4v) is 2.49. The third-order valence-electron chi connectivity index (χ3n) is 3.88. The molecule has 3 N–H and O–H groups in total. The lowest BCUT2D eigenvalue weighted by molar-refractivity contribution is -0.117. The Kier molecular flexibility index (Phi) is 7.59. The SMILES string of the molecule is CNCCN(C)Cc1c[nH]nc1-c1ccc(NC(=O)CCOC)cc1. The molecule has 0 spiro atoms. The van der Waals surface area contributed by atoms with Gasteiger partial charge in [-0.3, -0.25) is 9.89 Å². The number of aromatic amines is 1. The van der Waals surface area contributed by atoms with Gasteiger partial charge in [-0.25, -0.2) is 0 Å². The predicted molar refractivity (Wildman–Crippen MR) is 99.4 cm³/mol. The Labute approximate surface area is 148 Å². The van der Waals surface area contributed by atoms with E-state index < -0.39 is 0 Å². The minimum atomic E-state index is -0.0544. The second kappa shape index (κ2) is 9.93. The molecular weight excluding hydrogens is 318 g/mol. The van der Waals surface area contributed by atoms with E-state index in [9.17, 15) is 4.79 Å². The van der Waals surface area contributed by atoms with Gasteiger partial charge in [0.05, 0.1) is 18.7 Å². The van der Waals surface area contributed by atoms with E-state index in [1.165, 1.54) is 0 Å². The van der Waals surface area contributed by atoms with E-state index in [1.807, 2.05) is 37.5 Å². The number of benzene rings is 1. The molecule has 0 aliphatic rings. The molecule has 0 aliphatic carbocycles. The predicted octanol–water partition coefficient (Wildman–Crippen LogP) is 1.70. The molecule has 2 rings (SSSR count). The van der Waals surface area contributed by atoms with Gasteiger partial charge in [0.25, 0.3) is 0 Å². The van der Waals surface area contributed by atoms with Crippen molar-refractivity contribution in [2.45, 2.75) is 13.0 Å². The smallest absolute Gasteiger partial charge is 0.226 e. The number of nitrogens with zero attached hydrogens (tertiary/aromatic N) is 2. The Hall–Kier alpha value is -2.22. The van der Waals surface area contributed by atoms with Gasteiger partial charge < -0.3 is 20.3 Å². The fourth-order valence-electron chi connectivity index (χ4n) is 2.49. The minimum absolute atomic E-state index is 0.0544. The number of carbonyl (C=O) groups is 1. The highest BCUT2D eigenvalue weighted by atomic mass is 16.5. The highest BCUT2D eigenvalue weighted by molar-refractivity contribution is 5.91. The maximum atomic E-state index is 11.7. The number of rotatable bonds is 10. The molecule has 136 valence electrons. The Bertz CT molecular complexity index is 654. The first-order valence-electron chi connectivity index (χ1n) is 8.39. The zero-order valence-electron chi connectivity index (χ0n) is 15.1. The maximum Gasteiger partial charge on any atom is 0.226 e. The average Bonchev–Trinajstić information content (AvgIpc) is 3.07. The third-order valence-corrected chi connectivity index (χ3v) is 3.88. The largest absolute Gasteiger partial charge is 0.384 e. The quantitative estimate of drug-likeness (QED) is 0.611. The van der Waals surface area contributed by atoms with Crippen LogP contribution in [0.15, 0.2) is 30.5 Å². The van der Waals surface area contributed by atoms with E-state index in [0.717, 1.165) is 42.1 Å². The van der Waals surface area contributed by atoms with E-state index in [4.69, 9.17) is 4.74 Å². The van der Waals surface area contributed by atoms with Crippen LogP contribution in [0.4, 0.5) is 5.69 Å². The first kappa shape index (κ1) is 19.1. The molecule has 0 atom stereocenters. The number of amides is 1. The number of nitrogens with one attached hydrogen (secondary N) is 3. The van der Waals surface area contributed by atoms with Gasteiger partial charge in [-0.15, -0.1) is 0 Å². The number of hydrogen-bond donors (Lipinski definition) is 3. The molecule has 0 unspecified atom stereocenters. The van der Waals surface area contributed by atoms with E-state index in [2.05, 4.69) is 32.8 Å². The van der Waals surface area contributed by atoms with Crippen LogP contribution in [0.3, 0.4) is 0 Å². The van der Waals surface area contributed by atoms with Crippen molar-refractivity contribution in [3.05, 3.63) is 36.0 Å². The number of anilines is 1. The van der Waals surface area contributed by atoms with Gasteiger partial charge in [0.2, 0.25) is 5.91 Å². The molecule has 1 aromatic carbocycles. The number of methoxy groups -OCH3 is 1. The van der Waals surface area contributed by atoms with Crippen LogP contribution in [0.25, 0.3) is 11.3 Å². The van der Waals surface area contributed by atoms with Crippen molar-refractivity contribution >= 4 is 11.6 Å². The molecule has 2 aromatic rings. The second-order valence-corrected chi connectivity index (χ2v) is 5.97. The van der Waals surface area contributed by atoms with Crippen molar-refractivity contribution in [1.29, 1.82) is 0 Å². The summed E-state index contributed by atoms with van der Waals surface area (Å²) in [6.07, 6.45) is 2.28. The number of likely N-dealkylation sites (N-methyl/N-ethyl adjacent to an activating group) is 2. The zero-order chi connectivity index (χ0) is 18.1. The fraction of sp³-hybridized carbons (Fsp3) is 0.444. The maximum absolute atomic E-state index is 11.7. The Morgan fingerprint density at radius 1 is 1.32 bits per heavy atom. The van der Waals surface area contributed by atoms with Crippen LogP contribution in [0, 0.1) is 0 Å². The van der Waals surface area contributed by atoms with E-state index in [1.54, 1.807) is 7.11 Å². The minimum Gasteiger partial charge on any atom is -0.384 e. The number of aromatic nitrogens is 2. The summed E-state index contributed by atoms with van der Waals surface area (Å²) >= 11 is 0. The van der Waals surface area contributed by atoms with Crippen LogP contribution in [-0.4, -0.2) is 61.9 Å². The summed E-state index contributed by atoms with van der Waals surface area (Å²) in [5.74, 6) is -0.0544. The number of hydrogen-bond acceptors (Lipinski definition) is 5. The van der Waals surface area contributed by atoms with Gasteiger partial charge in [0.15, 0.2) is 0 Å². The second-order valence-electron chi connectivity index (χ2n) is 5.97. The summed E-state index contributed by atoms with van der Waals surface area (Å²) in [4.78, 5) is 14.0. The molecule has 1 heterocycles. The van der Waals surface area contributed by atoms with Crippen molar-refractivity contribution in [3.8, 4) is 11.3 Å². The van der Waals surface area contributed by atoms with Crippen LogP contribution in [0.1, 0.15) is 12.0 Å². The number of ether oxygens (including phenoxy) is 1. The van der Waals surface area contributed by atoms with Gasteiger partial charge in [-0.1, -0.05) is 12.1 Å². The Morgan fingerprint density at radius 2 is 2.08 bits per heavy atom. The summed E-state index contributed by atoms with van der Waals surface area (Å²) in [7, 11) is 5.62. The lowest BCUT2D eigenvalue weighted by Gasteiger charge is -2.16. The topological polar surface area (TPSA) is 82.3 Å². The van der Waals surface area contributed by atoms with Crippen LogP contribution in [0.2, 0.25) is 0 Å². The molecule has 0 saturated heterocycles. The third kappa shape index (κ3) is 5.97. The van der Waals surface area contributed by atoms with Crippen LogP contribution in [-0.2, 0) is 16.1 Å². The Balaban J connectivity index is 2.00. The lowest BCUT2D eigenvalue weighted by atomic mass is 10.1. The zero-order valence-corrected chi connectivity index (χ0v) is 15.1. The molecule has 1 amide bonds. The highest BCUT2D eigenvalue weighted by Gasteiger charge is 2.11. The highest BCUT2D eigenvalue weighted by Crippen LogP contribution is 2.23. The summed E-state index contributed by atoms with van der Waals surface area (Å²) in [5.41, 5.74) is 3.88. The lowest BCUT2D eigenvalue weighted by Crippen LogP contribution is -2.26. The average molecular weight is 345 g/mol. The standard InChI is InChI=1S/C18H27N5O2/c1-19-9-10-23(2)13-15-12-20-22-18(15)14-4-6-16(7-5-14)21-17(24)8-11-25-3/h4-7,12,19H,8-11,13H2,1-3H3,(H,20,22)(H,21,24). The van der Waals surface area contributed by atoms with Gasteiger partial charge in [0, 0.05) is 49.8 Å². The van der Waals surface area contributed by atoms with Crippen molar-refractivity contribution in [2.24, 2.45) is 0 Å².